The van der Waals surface area contributed by atoms with Gasteiger partial charge in [0.25, 0.3) is 0 Å². The van der Waals surface area contributed by atoms with E-state index in [4.69, 9.17) is 4.74 Å². The summed E-state index contributed by atoms with van der Waals surface area (Å²) >= 11 is 0. The molecule has 1 aliphatic rings. The molecule has 1 aromatic heterocycles. The molecule has 2 N–H and O–H groups in total. The Morgan fingerprint density at radius 2 is 2.04 bits per heavy atom. The number of nitrogens with zero attached hydrogens (tertiary/aromatic N) is 2. The lowest BCUT2D eigenvalue weighted by molar-refractivity contribution is 0.104. The van der Waals surface area contributed by atoms with Gasteiger partial charge in [-0.15, -0.1) is 12.4 Å². The highest BCUT2D eigenvalue weighted by molar-refractivity contribution is 5.85. The number of nitrogens with one attached hydrogen (secondary N) is 1. The standard InChI is InChI=1S/C20H20FN3O2.ClH/c21-16-12-13(7-10-19(16)25)22-20-23-17-6-2-1-5-15(17)18(24-20)9-8-14-4-3-11-26-14;/h1-2,5-7,10,12,14,25H,3-4,8-9,11H2,(H,22,23,24);1H. The third-order valence-electron chi connectivity index (χ3n) is 4.61. The number of anilines is 2. The van der Waals surface area contributed by atoms with E-state index in [1.807, 2.05) is 24.3 Å². The van der Waals surface area contributed by atoms with E-state index in [0.717, 1.165) is 48.9 Å². The van der Waals surface area contributed by atoms with Crippen molar-refractivity contribution in [3.63, 3.8) is 0 Å². The second kappa shape index (κ2) is 8.50. The fourth-order valence-corrected chi connectivity index (χ4v) is 3.27. The minimum absolute atomic E-state index is 0. The van der Waals surface area contributed by atoms with Crippen LogP contribution in [0.1, 0.15) is 25.0 Å². The summed E-state index contributed by atoms with van der Waals surface area (Å²) in [5, 5.41) is 13.4. The molecule has 5 nitrogen and oxygen atoms in total. The first-order chi connectivity index (χ1) is 12.7. The number of benzene rings is 2. The largest absolute Gasteiger partial charge is 0.505 e. The Hall–Kier alpha value is -2.44. The number of hydrogen-bond acceptors (Lipinski definition) is 5. The van der Waals surface area contributed by atoms with E-state index < -0.39 is 5.82 Å². The minimum Gasteiger partial charge on any atom is -0.505 e. The van der Waals surface area contributed by atoms with E-state index in [9.17, 15) is 9.50 Å². The van der Waals surface area contributed by atoms with Crippen LogP contribution in [0.5, 0.6) is 5.75 Å². The van der Waals surface area contributed by atoms with Crippen molar-refractivity contribution in [1.29, 1.82) is 0 Å². The Bertz CT molecular complexity index is 932. The highest BCUT2D eigenvalue weighted by atomic mass is 35.5. The molecular formula is C20H21ClFN3O2. The molecule has 1 atom stereocenters. The summed E-state index contributed by atoms with van der Waals surface area (Å²) in [4.78, 5) is 9.17. The number of ether oxygens (including phenoxy) is 1. The van der Waals surface area contributed by atoms with Gasteiger partial charge in [0.2, 0.25) is 5.95 Å². The van der Waals surface area contributed by atoms with Gasteiger partial charge in [0.15, 0.2) is 11.6 Å². The fourth-order valence-electron chi connectivity index (χ4n) is 3.27. The monoisotopic (exact) mass is 389 g/mol. The van der Waals surface area contributed by atoms with Gasteiger partial charge in [-0.05, 0) is 43.9 Å². The molecular weight excluding hydrogens is 369 g/mol. The molecule has 2 heterocycles. The van der Waals surface area contributed by atoms with Gasteiger partial charge in [0.1, 0.15) is 0 Å². The lowest BCUT2D eigenvalue weighted by atomic mass is 10.1. The fraction of sp³-hybridized carbons (Fsp3) is 0.300. The van der Waals surface area contributed by atoms with Gasteiger partial charge in [-0.1, -0.05) is 18.2 Å². The second-order valence-corrected chi connectivity index (χ2v) is 6.48. The molecule has 1 saturated heterocycles. The molecule has 0 saturated carbocycles. The van der Waals surface area contributed by atoms with Crippen LogP contribution < -0.4 is 5.32 Å². The molecule has 0 spiro atoms. The topological polar surface area (TPSA) is 67.3 Å². The van der Waals surface area contributed by atoms with Crippen LogP contribution in [-0.4, -0.2) is 27.8 Å². The Balaban J connectivity index is 0.00000210. The van der Waals surface area contributed by atoms with Crippen molar-refractivity contribution in [2.24, 2.45) is 0 Å². The molecule has 1 aliphatic heterocycles. The molecule has 1 fully saturated rings. The number of phenols is 1. The zero-order chi connectivity index (χ0) is 17.9. The molecule has 2 aromatic carbocycles. The summed E-state index contributed by atoms with van der Waals surface area (Å²) in [7, 11) is 0. The number of hydrogen-bond donors (Lipinski definition) is 2. The third-order valence-corrected chi connectivity index (χ3v) is 4.61. The predicted octanol–water partition coefficient (Wildman–Crippen LogP) is 4.75. The summed E-state index contributed by atoms with van der Waals surface area (Å²) in [6.45, 7) is 0.842. The first-order valence-electron chi connectivity index (χ1n) is 8.82. The molecule has 0 amide bonds. The molecule has 0 bridgehead atoms. The van der Waals surface area contributed by atoms with Crippen LogP contribution in [0.2, 0.25) is 0 Å². The molecule has 7 heteroatoms. The summed E-state index contributed by atoms with van der Waals surface area (Å²) < 4.78 is 19.3. The van der Waals surface area contributed by atoms with Gasteiger partial charge in [-0.25, -0.2) is 14.4 Å². The van der Waals surface area contributed by atoms with Crippen molar-refractivity contribution < 1.29 is 14.2 Å². The van der Waals surface area contributed by atoms with Crippen molar-refractivity contribution in [1.82, 2.24) is 9.97 Å². The SMILES string of the molecule is Cl.Oc1ccc(Nc2nc(CCC3CCCO3)c3ccccc3n2)cc1F. The number of para-hydroxylation sites is 1. The summed E-state index contributed by atoms with van der Waals surface area (Å²) in [5.41, 5.74) is 2.28. The summed E-state index contributed by atoms with van der Waals surface area (Å²) in [6, 6.07) is 12.0. The van der Waals surface area contributed by atoms with E-state index in [1.54, 1.807) is 6.07 Å². The average molecular weight is 390 g/mol. The van der Waals surface area contributed by atoms with Gasteiger partial charge < -0.3 is 15.2 Å². The minimum atomic E-state index is -0.686. The number of phenolic OH excluding ortho intramolecular Hbond substituents is 1. The number of aryl methyl sites for hydroxylation is 1. The van der Waals surface area contributed by atoms with Crippen molar-refractivity contribution in [3.05, 3.63) is 54.0 Å². The first-order valence-corrected chi connectivity index (χ1v) is 8.82. The normalized spacial score (nSPS) is 16.3. The van der Waals surface area contributed by atoms with Crippen molar-refractivity contribution in [3.8, 4) is 5.75 Å². The average Bonchev–Trinajstić information content (AvgIpc) is 3.16. The second-order valence-electron chi connectivity index (χ2n) is 6.48. The van der Waals surface area contributed by atoms with Gasteiger partial charge in [-0.2, -0.15) is 0 Å². The summed E-state index contributed by atoms with van der Waals surface area (Å²) in [5.74, 6) is -0.655. The quantitative estimate of drug-likeness (QED) is 0.616. The Kier molecular flexibility index (Phi) is 6.08. The Morgan fingerprint density at radius 1 is 1.19 bits per heavy atom. The summed E-state index contributed by atoms with van der Waals surface area (Å²) in [6.07, 6.45) is 4.24. The third kappa shape index (κ3) is 4.46. The van der Waals surface area contributed by atoms with E-state index in [1.165, 1.54) is 12.1 Å². The van der Waals surface area contributed by atoms with Crippen molar-refractivity contribution in [2.45, 2.75) is 31.8 Å². The van der Waals surface area contributed by atoms with Crippen molar-refractivity contribution in [2.75, 3.05) is 11.9 Å². The molecule has 4 rings (SSSR count). The molecule has 0 radical (unpaired) electrons. The predicted molar refractivity (Wildman–Crippen MR) is 105 cm³/mol. The zero-order valence-corrected chi connectivity index (χ0v) is 15.5. The van der Waals surface area contributed by atoms with Gasteiger partial charge in [-0.3, -0.25) is 0 Å². The molecule has 3 aromatic rings. The van der Waals surface area contributed by atoms with E-state index in [-0.39, 0.29) is 18.2 Å². The van der Waals surface area contributed by atoms with Crippen LogP contribution in [-0.2, 0) is 11.2 Å². The van der Waals surface area contributed by atoms with E-state index in [2.05, 4.69) is 15.3 Å². The molecule has 1 unspecified atom stereocenters. The highest BCUT2D eigenvalue weighted by Crippen LogP contribution is 2.25. The van der Waals surface area contributed by atoms with Crippen LogP contribution in [0.3, 0.4) is 0 Å². The van der Waals surface area contributed by atoms with E-state index in [0.29, 0.717) is 17.7 Å². The number of rotatable bonds is 5. The van der Waals surface area contributed by atoms with Crippen LogP contribution in [0.4, 0.5) is 16.0 Å². The van der Waals surface area contributed by atoms with Gasteiger partial charge in [0, 0.05) is 23.7 Å². The van der Waals surface area contributed by atoms with Crippen molar-refractivity contribution >= 4 is 34.9 Å². The smallest absolute Gasteiger partial charge is 0.228 e. The number of aromatic nitrogens is 2. The molecule has 27 heavy (non-hydrogen) atoms. The Labute approximate surface area is 163 Å². The van der Waals surface area contributed by atoms with Crippen LogP contribution in [0, 0.1) is 5.82 Å². The zero-order valence-electron chi connectivity index (χ0n) is 14.7. The van der Waals surface area contributed by atoms with Crippen LogP contribution >= 0.6 is 12.4 Å². The molecule has 0 aliphatic carbocycles. The number of fused-ring (bicyclic) bond motifs is 1. The molecule has 142 valence electrons. The number of aromatic hydroxyl groups is 1. The number of halogens is 2. The van der Waals surface area contributed by atoms with Gasteiger partial charge in [0.05, 0.1) is 17.3 Å². The van der Waals surface area contributed by atoms with Crippen LogP contribution in [0.25, 0.3) is 10.9 Å². The Morgan fingerprint density at radius 3 is 2.81 bits per heavy atom. The first kappa shape index (κ1) is 19.3. The lowest BCUT2D eigenvalue weighted by Crippen LogP contribution is -2.08. The maximum atomic E-state index is 13.6. The van der Waals surface area contributed by atoms with E-state index >= 15 is 0 Å². The highest BCUT2D eigenvalue weighted by Gasteiger charge is 2.17. The van der Waals surface area contributed by atoms with Gasteiger partial charge >= 0.3 is 0 Å². The maximum Gasteiger partial charge on any atom is 0.228 e. The lowest BCUT2D eigenvalue weighted by Gasteiger charge is -2.12. The maximum absolute atomic E-state index is 13.6. The van der Waals surface area contributed by atoms with Crippen LogP contribution in [0.15, 0.2) is 42.5 Å².